The van der Waals surface area contributed by atoms with Gasteiger partial charge < -0.3 is 18.7 Å². The Morgan fingerprint density at radius 3 is 3.00 bits per heavy atom. The fourth-order valence-corrected chi connectivity index (χ4v) is 2.31. The van der Waals surface area contributed by atoms with Crippen molar-refractivity contribution in [1.82, 2.24) is 9.55 Å². The number of aromatic amines is 1. The van der Waals surface area contributed by atoms with E-state index in [1.807, 2.05) is 10.6 Å². The molecule has 1 aromatic carbocycles. The number of furan rings is 1. The molecule has 98 valence electrons. The number of imidazole rings is 1. The van der Waals surface area contributed by atoms with Crippen LogP contribution in [0.1, 0.15) is 5.56 Å². The summed E-state index contributed by atoms with van der Waals surface area (Å²) in [6.07, 6.45) is 3.26. The Bertz CT molecular complexity index is 774. The predicted octanol–water partition coefficient (Wildman–Crippen LogP) is 3.49. The number of rotatable bonds is 3. The Labute approximate surface area is 113 Å². The second-order valence-electron chi connectivity index (χ2n) is 4.15. The van der Waals surface area contributed by atoms with E-state index in [-0.39, 0.29) is 5.75 Å². The van der Waals surface area contributed by atoms with Gasteiger partial charge >= 0.3 is 0 Å². The lowest BCUT2D eigenvalue weighted by Crippen LogP contribution is -1.99. The molecule has 0 fully saturated rings. The van der Waals surface area contributed by atoms with Crippen LogP contribution >= 0.6 is 12.2 Å². The van der Waals surface area contributed by atoms with Gasteiger partial charge in [0.15, 0.2) is 16.3 Å². The van der Waals surface area contributed by atoms with E-state index in [1.165, 1.54) is 13.2 Å². The Morgan fingerprint density at radius 1 is 1.47 bits per heavy atom. The largest absolute Gasteiger partial charge is 0.494 e. The van der Waals surface area contributed by atoms with Gasteiger partial charge in [-0.05, 0) is 18.3 Å². The molecule has 0 aliphatic heterocycles. The summed E-state index contributed by atoms with van der Waals surface area (Å²) >= 11 is 5.26. The standard InChI is InChI=1S/C13H11FN2O2S/c1-17-12-5-11-10(4-9(12)14)15-13(19)16(11)6-8-2-3-18-7-8/h2-5,7H,6H2,1H3,(H,15,19). The van der Waals surface area contributed by atoms with Gasteiger partial charge in [0.05, 0.1) is 37.2 Å². The number of benzene rings is 1. The molecule has 1 N–H and O–H groups in total. The smallest absolute Gasteiger partial charge is 0.178 e. The Hall–Kier alpha value is -2.08. The van der Waals surface area contributed by atoms with Gasteiger partial charge in [0.25, 0.3) is 0 Å². The first-order valence-corrected chi connectivity index (χ1v) is 6.07. The SMILES string of the molecule is COc1cc2c(cc1F)[nH]c(=S)n2Cc1ccoc1. The number of halogens is 1. The Balaban J connectivity index is 2.18. The number of methoxy groups -OCH3 is 1. The van der Waals surface area contributed by atoms with Crippen molar-refractivity contribution in [3.8, 4) is 5.75 Å². The van der Waals surface area contributed by atoms with E-state index in [0.717, 1.165) is 11.1 Å². The maximum absolute atomic E-state index is 13.6. The molecule has 0 amide bonds. The van der Waals surface area contributed by atoms with Crippen LogP contribution in [0.15, 0.2) is 35.1 Å². The number of hydrogen-bond donors (Lipinski definition) is 1. The molecule has 0 atom stereocenters. The third-order valence-electron chi connectivity index (χ3n) is 2.97. The predicted molar refractivity (Wildman–Crippen MR) is 71.4 cm³/mol. The second-order valence-corrected chi connectivity index (χ2v) is 4.54. The molecule has 0 aliphatic rings. The van der Waals surface area contributed by atoms with E-state index in [2.05, 4.69) is 4.98 Å². The number of nitrogens with zero attached hydrogens (tertiary/aromatic N) is 1. The lowest BCUT2D eigenvalue weighted by Gasteiger charge is -2.05. The number of H-pyrrole nitrogens is 1. The number of nitrogens with one attached hydrogen (secondary N) is 1. The topological polar surface area (TPSA) is 43.1 Å². The van der Waals surface area contributed by atoms with Crippen molar-refractivity contribution in [1.29, 1.82) is 0 Å². The molecule has 0 bridgehead atoms. The van der Waals surface area contributed by atoms with E-state index in [0.29, 0.717) is 16.8 Å². The van der Waals surface area contributed by atoms with Gasteiger partial charge in [0.2, 0.25) is 0 Å². The molecular weight excluding hydrogens is 267 g/mol. The first-order valence-electron chi connectivity index (χ1n) is 5.66. The van der Waals surface area contributed by atoms with Crippen LogP contribution in [0, 0.1) is 10.6 Å². The summed E-state index contributed by atoms with van der Waals surface area (Å²) in [5.41, 5.74) is 2.43. The summed E-state index contributed by atoms with van der Waals surface area (Å²) in [6, 6.07) is 4.88. The summed E-state index contributed by atoms with van der Waals surface area (Å²) < 4.78 is 26.1. The van der Waals surface area contributed by atoms with E-state index >= 15 is 0 Å². The summed E-state index contributed by atoms with van der Waals surface area (Å²) in [4.78, 5) is 2.98. The molecule has 3 rings (SSSR count). The molecule has 0 spiro atoms. The van der Waals surface area contributed by atoms with E-state index in [1.54, 1.807) is 18.6 Å². The fourth-order valence-electron chi connectivity index (χ4n) is 2.04. The number of ether oxygens (including phenoxy) is 1. The van der Waals surface area contributed by atoms with Gasteiger partial charge in [-0.15, -0.1) is 0 Å². The van der Waals surface area contributed by atoms with Gasteiger partial charge in [0, 0.05) is 17.7 Å². The molecule has 0 saturated heterocycles. The minimum absolute atomic E-state index is 0.197. The summed E-state index contributed by atoms with van der Waals surface area (Å²) in [5.74, 6) is -0.218. The van der Waals surface area contributed by atoms with E-state index in [9.17, 15) is 4.39 Å². The van der Waals surface area contributed by atoms with Crippen LogP contribution in [0.5, 0.6) is 5.75 Å². The summed E-state index contributed by atoms with van der Waals surface area (Å²) in [5, 5.41) is 0. The molecule has 6 heteroatoms. The molecule has 2 aromatic heterocycles. The molecular formula is C13H11FN2O2S. The van der Waals surface area contributed by atoms with Crippen LogP contribution in [-0.2, 0) is 6.54 Å². The van der Waals surface area contributed by atoms with Crippen molar-refractivity contribution in [2.45, 2.75) is 6.54 Å². The summed E-state index contributed by atoms with van der Waals surface area (Å²) in [6.45, 7) is 0.560. The molecule has 19 heavy (non-hydrogen) atoms. The van der Waals surface area contributed by atoms with Crippen molar-refractivity contribution in [3.63, 3.8) is 0 Å². The third kappa shape index (κ3) is 2.04. The van der Waals surface area contributed by atoms with Gasteiger partial charge in [-0.25, -0.2) is 4.39 Å². The summed E-state index contributed by atoms with van der Waals surface area (Å²) in [7, 11) is 1.44. The molecule has 0 saturated carbocycles. The number of fused-ring (bicyclic) bond motifs is 1. The second kappa shape index (κ2) is 4.55. The molecule has 0 radical (unpaired) electrons. The Morgan fingerprint density at radius 2 is 2.32 bits per heavy atom. The Kier molecular flexibility index (Phi) is 2.87. The highest BCUT2D eigenvalue weighted by Crippen LogP contribution is 2.25. The van der Waals surface area contributed by atoms with Crippen molar-refractivity contribution >= 4 is 23.3 Å². The minimum Gasteiger partial charge on any atom is -0.494 e. The zero-order chi connectivity index (χ0) is 13.4. The molecule has 3 aromatic rings. The maximum Gasteiger partial charge on any atom is 0.178 e. The average molecular weight is 278 g/mol. The number of hydrogen-bond acceptors (Lipinski definition) is 3. The highest BCUT2D eigenvalue weighted by Gasteiger charge is 2.11. The normalized spacial score (nSPS) is 11.1. The molecule has 4 nitrogen and oxygen atoms in total. The van der Waals surface area contributed by atoms with Crippen LogP contribution < -0.4 is 4.74 Å². The lowest BCUT2D eigenvalue weighted by molar-refractivity contribution is 0.387. The maximum atomic E-state index is 13.6. The molecule has 2 heterocycles. The number of aromatic nitrogens is 2. The first-order chi connectivity index (χ1) is 9.19. The minimum atomic E-state index is -0.415. The van der Waals surface area contributed by atoms with Crippen LogP contribution in [0.2, 0.25) is 0 Å². The first kappa shape index (κ1) is 12.0. The molecule has 0 aliphatic carbocycles. The van der Waals surface area contributed by atoms with Gasteiger partial charge in [-0.3, -0.25) is 0 Å². The third-order valence-corrected chi connectivity index (χ3v) is 3.29. The van der Waals surface area contributed by atoms with Crippen LogP contribution in [0.3, 0.4) is 0 Å². The quantitative estimate of drug-likeness (QED) is 0.746. The van der Waals surface area contributed by atoms with Crippen molar-refractivity contribution < 1.29 is 13.5 Å². The zero-order valence-corrected chi connectivity index (χ0v) is 11.0. The average Bonchev–Trinajstić information content (AvgIpc) is 2.98. The van der Waals surface area contributed by atoms with Crippen LogP contribution in [0.25, 0.3) is 11.0 Å². The molecule has 0 unspecified atom stereocenters. The van der Waals surface area contributed by atoms with E-state index in [4.69, 9.17) is 21.4 Å². The lowest BCUT2D eigenvalue weighted by atomic mass is 10.2. The van der Waals surface area contributed by atoms with Gasteiger partial charge in [0.1, 0.15) is 0 Å². The van der Waals surface area contributed by atoms with Crippen molar-refractivity contribution in [2.75, 3.05) is 7.11 Å². The van der Waals surface area contributed by atoms with E-state index < -0.39 is 5.82 Å². The van der Waals surface area contributed by atoms with Crippen molar-refractivity contribution in [2.24, 2.45) is 0 Å². The van der Waals surface area contributed by atoms with Gasteiger partial charge in [-0.2, -0.15) is 0 Å². The van der Waals surface area contributed by atoms with Crippen LogP contribution in [-0.4, -0.2) is 16.7 Å². The fraction of sp³-hybridized carbons (Fsp3) is 0.154. The van der Waals surface area contributed by atoms with Gasteiger partial charge in [-0.1, -0.05) is 0 Å². The van der Waals surface area contributed by atoms with Crippen LogP contribution in [0.4, 0.5) is 4.39 Å². The monoisotopic (exact) mass is 278 g/mol. The zero-order valence-electron chi connectivity index (χ0n) is 10.1. The highest BCUT2D eigenvalue weighted by atomic mass is 32.1. The highest BCUT2D eigenvalue weighted by molar-refractivity contribution is 7.71. The van der Waals surface area contributed by atoms with Crippen molar-refractivity contribution in [3.05, 3.63) is 46.9 Å².